The summed E-state index contributed by atoms with van der Waals surface area (Å²) in [4.78, 5) is 4.45. The first-order chi connectivity index (χ1) is 13.9. The van der Waals surface area contributed by atoms with Crippen LogP contribution in [-0.4, -0.2) is 31.2 Å². The Bertz CT molecular complexity index is 983. The highest BCUT2D eigenvalue weighted by Gasteiger charge is 2.36. The topological polar surface area (TPSA) is 50.3 Å². The van der Waals surface area contributed by atoms with Gasteiger partial charge in [-0.15, -0.1) is 0 Å². The summed E-state index contributed by atoms with van der Waals surface area (Å²) in [6.07, 6.45) is 2.87. The molecule has 2 aromatic carbocycles. The largest absolute Gasteiger partial charge is 0.277 e. The lowest BCUT2D eigenvalue weighted by molar-refractivity contribution is 0.573. The Kier molecular flexibility index (Phi) is 6.93. The Labute approximate surface area is 175 Å². The number of benzene rings is 2. The zero-order valence-corrected chi connectivity index (χ0v) is 18.0. The van der Waals surface area contributed by atoms with Crippen LogP contribution < -0.4 is 0 Å². The van der Waals surface area contributed by atoms with Gasteiger partial charge in [0, 0.05) is 11.9 Å². The molecule has 0 aliphatic rings. The van der Waals surface area contributed by atoms with Gasteiger partial charge in [-0.1, -0.05) is 85.4 Å². The van der Waals surface area contributed by atoms with Crippen molar-refractivity contribution in [2.75, 3.05) is 0 Å². The summed E-state index contributed by atoms with van der Waals surface area (Å²) in [6, 6.07) is 23.3. The van der Waals surface area contributed by atoms with Crippen molar-refractivity contribution >= 4 is 23.7 Å². The number of hydrogen-bond acceptors (Lipinski definition) is 3. The summed E-state index contributed by atoms with van der Waals surface area (Å²) in [5.41, 5.74) is 2.94. The van der Waals surface area contributed by atoms with Crippen LogP contribution in [0.3, 0.4) is 0 Å². The van der Waals surface area contributed by atoms with Crippen LogP contribution in [0, 0.1) is 6.92 Å². The molecule has 7 heteroatoms. The fourth-order valence-electron chi connectivity index (χ4n) is 3.80. The van der Waals surface area contributed by atoms with E-state index in [9.17, 15) is 8.42 Å². The van der Waals surface area contributed by atoms with Gasteiger partial charge in [0.25, 0.3) is 0 Å². The maximum Gasteiger partial charge on any atom is 0.229 e. The van der Waals surface area contributed by atoms with Gasteiger partial charge in [-0.2, -0.15) is 0 Å². The molecule has 1 heterocycles. The predicted octanol–water partition coefficient (Wildman–Crippen LogP) is 4.19. The normalized spacial score (nSPS) is 11.4. The number of nitrogens with zero attached hydrogens (tertiary/aromatic N) is 2. The minimum absolute atomic E-state index is 0.186. The highest BCUT2D eigenvalue weighted by atomic mass is 32.2. The molecule has 0 radical (unpaired) electrons. The molecule has 0 atom stereocenters. The Morgan fingerprint density at radius 2 is 1.31 bits per heavy atom. The van der Waals surface area contributed by atoms with Crippen LogP contribution in [0.15, 0.2) is 83.9 Å². The van der Waals surface area contributed by atoms with Gasteiger partial charge >= 0.3 is 0 Å². The smallest absolute Gasteiger partial charge is 0.229 e. The van der Waals surface area contributed by atoms with Crippen molar-refractivity contribution in [3.05, 3.63) is 95.8 Å². The zero-order chi connectivity index (χ0) is 20.9. The van der Waals surface area contributed by atoms with Gasteiger partial charge in [0.1, 0.15) is 0 Å². The maximum absolute atomic E-state index is 13.6. The Balaban J connectivity index is 1.95. The van der Waals surface area contributed by atoms with E-state index in [4.69, 9.17) is 0 Å². The second kappa shape index (κ2) is 9.42. The monoisotopic (exact) mass is 404 g/mol. The average molecular weight is 404 g/mol. The van der Waals surface area contributed by atoms with Crippen LogP contribution in [0.2, 0.25) is 13.6 Å². The maximum atomic E-state index is 13.6. The van der Waals surface area contributed by atoms with E-state index in [-0.39, 0.29) is 13.7 Å². The van der Waals surface area contributed by atoms with Crippen LogP contribution in [0.25, 0.3) is 0 Å². The van der Waals surface area contributed by atoms with Gasteiger partial charge in [-0.3, -0.25) is 9.11 Å². The number of pyridine rings is 1. The molecule has 0 spiro atoms. The highest BCUT2D eigenvalue weighted by molar-refractivity contribution is 7.91. The van der Waals surface area contributed by atoms with E-state index >= 15 is 0 Å². The fraction of sp³-hybridized carbons (Fsp3) is 0.227. The number of hydrogen-bond donors (Lipinski definition) is 0. The minimum Gasteiger partial charge on any atom is -0.277 e. The van der Waals surface area contributed by atoms with Crippen molar-refractivity contribution in [3.63, 3.8) is 0 Å². The number of aryl methyl sites for hydroxylation is 1. The van der Waals surface area contributed by atoms with Crippen LogP contribution in [0.4, 0.5) is 0 Å². The summed E-state index contributed by atoms with van der Waals surface area (Å²) in [5, 5.41) is 0. The summed E-state index contributed by atoms with van der Waals surface area (Å²) in [5.74, 6) is 0. The minimum atomic E-state index is -3.67. The van der Waals surface area contributed by atoms with Crippen LogP contribution in [0.5, 0.6) is 0 Å². The van der Waals surface area contributed by atoms with Crippen molar-refractivity contribution in [2.45, 2.75) is 38.1 Å². The van der Waals surface area contributed by atoms with Crippen LogP contribution in [0.1, 0.15) is 16.8 Å². The first-order valence-electron chi connectivity index (χ1n) is 9.92. The molecule has 0 bridgehead atoms. The number of sulfonamides is 1. The van der Waals surface area contributed by atoms with E-state index in [1.807, 2.05) is 81.2 Å². The lowest BCUT2D eigenvalue weighted by Gasteiger charge is -2.31. The van der Waals surface area contributed by atoms with Gasteiger partial charge in [-0.05, 0) is 31.7 Å². The van der Waals surface area contributed by atoms with Crippen molar-refractivity contribution in [2.24, 2.45) is 0 Å². The molecule has 0 fully saturated rings. The second-order valence-corrected chi connectivity index (χ2v) is 9.39. The molecule has 0 aliphatic carbocycles. The fourth-order valence-corrected chi connectivity index (χ4v) is 5.69. The zero-order valence-electron chi connectivity index (χ0n) is 17.2. The molecule has 0 saturated heterocycles. The quantitative estimate of drug-likeness (QED) is 0.530. The molecule has 0 aliphatic heterocycles. The standard InChI is InChI=1S/C22H26B2N2O2S/c1-19-16-22(14-15-25-19)29(27,28)26(23(2)17-20-10-6-4-7-11-20)24(3)18-21-12-8-5-9-13-21/h4-16H,17-18H2,1-3H3. The highest BCUT2D eigenvalue weighted by Crippen LogP contribution is 2.22. The summed E-state index contributed by atoms with van der Waals surface area (Å²) >= 11 is 0. The first-order valence-corrected chi connectivity index (χ1v) is 11.4. The molecule has 29 heavy (non-hydrogen) atoms. The molecule has 0 amide bonds. The van der Waals surface area contributed by atoms with Crippen molar-refractivity contribution < 1.29 is 8.42 Å². The van der Waals surface area contributed by atoms with Gasteiger partial charge in [0.2, 0.25) is 23.7 Å². The molecular weight excluding hydrogens is 378 g/mol. The van der Waals surface area contributed by atoms with E-state index < -0.39 is 10.0 Å². The summed E-state index contributed by atoms with van der Waals surface area (Å²) in [7, 11) is -3.67. The predicted molar refractivity (Wildman–Crippen MR) is 122 cm³/mol. The molecule has 0 N–H and O–H groups in total. The molecule has 0 saturated carbocycles. The molecule has 0 unspecified atom stereocenters. The summed E-state index contributed by atoms with van der Waals surface area (Å²) < 4.78 is 29.0. The van der Waals surface area contributed by atoms with Gasteiger partial charge in [-0.25, -0.2) is 8.42 Å². The lowest BCUT2D eigenvalue weighted by Crippen LogP contribution is -2.52. The average Bonchev–Trinajstić information content (AvgIpc) is 2.69. The van der Waals surface area contributed by atoms with Crippen molar-refractivity contribution in [1.82, 2.24) is 9.11 Å². The number of rotatable bonds is 8. The lowest BCUT2D eigenvalue weighted by atomic mass is 9.48. The SMILES string of the molecule is CB(Cc1ccccc1)N(B(C)Cc1ccccc1)S(=O)(=O)c1ccnc(C)c1. The molecule has 148 valence electrons. The number of aromatic nitrogens is 1. The Morgan fingerprint density at radius 1 is 0.828 bits per heavy atom. The first kappa shape index (κ1) is 21.3. The third kappa shape index (κ3) is 5.37. The van der Waals surface area contributed by atoms with Gasteiger partial charge < -0.3 is 0 Å². The van der Waals surface area contributed by atoms with E-state index in [1.54, 1.807) is 22.5 Å². The van der Waals surface area contributed by atoms with Gasteiger partial charge in [0.05, 0.1) is 4.90 Å². The van der Waals surface area contributed by atoms with Crippen molar-refractivity contribution in [1.29, 1.82) is 0 Å². The Hall–Kier alpha value is -2.37. The Morgan fingerprint density at radius 3 is 1.76 bits per heavy atom. The van der Waals surface area contributed by atoms with E-state index in [0.717, 1.165) is 11.1 Å². The van der Waals surface area contributed by atoms with E-state index in [2.05, 4.69) is 4.98 Å². The second-order valence-electron chi connectivity index (χ2n) is 7.55. The molecular formula is C22H26B2N2O2S. The molecule has 1 aromatic heterocycles. The molecule has 3 rings (SSSR count). The van der Waals surface area contributed by atoms with E-state index in [1.165, 1.54) is 0 Å². The van der Waals surface area contributed by atoms with Crippen molar-refractivity contribution in [3.8, 4) is 0 Å². The van der Waals surface area contributed by atoms with Crippen LogP contribution >= 0.6 is 0 Å². The van der Waals surface area contributed by atoms with Crippen LogP contribution in [-0.2, 0) is 22.7 Å². The molecule has 4 nitrogen and oxygen atoms in total. The van der Waals surface area contributed by atoms with E-state index in [0.29, 0.717) is 23.2 Å². The third-order valence-corrected chi connectivity index (χ3v) is 7.18. The molecule has 3 aromatic rings. The van der Waals surface area contributed by atoms with Gasteiger partial charge in [0.15, 0.2) is 0 Å². The third-order valence-electron chi connectivity index (χ3n) is 5.06. The summed E-state index contributed by atoms with van der Waals surface area (Å²) in [6.45, 7) is 5.41.